The minimum Gasteiger partial charge on any atom is -0.298 e. The largest absolute Gasteiger partial charge is 0.298 e. The van der Waals surface area contributed by atoms with Crippen LogP contribution in [0.4, 0.5) is 10.8 Å². The van der Waals surface area contributed by atoms with E-state index in [2.05, 4.69) is 10.3 Å². The van der Waals surface area contributed by atoms with Crippen LogP contribution in [-0.2, 0) is 6.42 Å². The Balaban J connectivity index is 1.69. The molecule has 0 radical (unpaired) electrons. The number of rotatable bonds is 5. The molecule has 126 valence electrons. The number of anilines is 1. The summed E-state index contributed by atoms with van der Waals surface area (Å²) in [5.74, 6) is -0.438. The number of non-ortho nitro benzene ring substituents is 1. The Kier molecular flexibility index (Phi) is 5.06. The van der Waals surface area contributed by atoms with E-state index in [1.54, 1.807) is 6.20 Å². The second kappa shape index (κ2) is 7.42. The van der Waals surface area contributed by atoms with Crippen LogP contribution in [0.2, 0.25) is 5.02 Å². The quantitative estimate of drug-likeness (QED) is 0.525. The molecule has 0 saturated carbocycles. The number of aromatic nitrogens is 1. The predicted molar refractivity (Wildman–Crippen MR) is 97.4 cm³/mol. The van der Waals surface area contributed by atoms with Gasteiger partial charge >= 0.3 is 0 Å². The lowest BCUT2D eigenvalue weighted by atomic mass is 10.1. The third-order valence-corrected chi connectivity index (χ3v) is 4.51. The summed E-state index contributed by atoms with van der Waals surface area (Å²) < 4.78 is 0. The molecule has 3 rings (SSSR count). The van der Waals surface area contributed by atoms with Crippen LogP contribution in [0, 0.1) is 10.1 Å². The smallest absolute Gasteiger partial charge is 0.270 e. The van der Waals surface area contributed by atoms with Gasteiger partial charge in [-0.25, -0.2) is 4.98 Å². The standard InChI is InChI=1S/C17H12ClN3O3S/c18-13-5-1-3-11(7-13)8-15-10-19-17(25-15)20-16(22)12-4-2-6-14(9-12)21(23)24/h1-7,9-10H,8H2,(H,19,20,22). The molecular weight excluding hydrogens is 362 g/mol. The number of nitrogens with zero attached hydrogens (tertiary/aromatic N) is 2. The van der Waals surface area contributed by atoms with Gasteiger partial charge < -0.3 is 0 Å². The van der Waals surface area contributed by atoms with Gasteiger partial charge in [0.2, 0.25) is 0 Å². The van der Waals surface area contributed by atoms with Gasteiger partial charge in [-0.05, 0) is 23.8 Å². The number of hydrogen-bond donors (Lipinski definition) is 1. The highest BCUT2D eigenvalue weighted by molar-refractivity contribution is 7.15. The maximum Gasteiger partial charge on any atom is 0.270 e. The van der Waals surface area contributed by atoms with Crippen molar-refractivity contribution in [3.05, 3.63) is 85.9 Å². The molecule has 0 atom stereocenters. The minimum absolute atomic E-state index is 0.131. The Bertz CT molecular complexity index is 942. The molecule has 2 aromatic carbocycles. The van der Waals surface area contributed by atoms with Gasteiger partial charge in [-0.15, -0.1) is 11.3 Å². The number of carbonyl (C=O) groups excluding carboxylic acids is 1. The van der Waals surface area contributed by atoms with Crippen molar-refractivity contribution >= 4 is 39.7 Å². The van der Waals surface area contributed by atoms with Crippen LogP contribution in [0.1, 0.15) is 20.8 Å². The number of carbonyl (C=O) groups is 1. The molecule has 1 aromatic heterocycles. The molecule has 1 heterocycles. The van der Waals surface area contributed by atoms with Crippen molar-refractivity contribution in [2.24, 2.45) is 0 Å². The summed E-state index contributed by atoms with van der Waals surface area (Å²) >= 11 is 7.32. The molecule has 0 fully saturated rings. The average molecular weight is 374 g/mol. The highest BCUT2D eigenvalue weighted by Gasteiger charge is 2.13. The number of nitro benzene ring substituents is 1. The van der Waals surface area contributed by atoms with Gasteiger partial charge in [0.05, 0.1) is 4.92 Å². The van der Waals surface area contributed by atoms with Crippen molar-refractivity contribution in [2.75, 3.05) is 5.32 Å². The maximum atomic E-state index is 12.2. The molecule has 0 saturated heterocycles. The zero-order valence-corrected chi connectivity index (χ0v) is 14.4. The van der Waals surface area contributed by atoms with Gasteiger partial charge in [-0.1, -0.05) is 29.8 Å². The Morgan fingerprint density at radius 3 is 2.80 bits per heavy atom. The first-order valence-electron chi connectivity index (χ1n) is 7.26. The van der Waals surface area contributed by atoms with Crippen LogP contribution in [0.25, 0.3) is 0 Å². The van der Waals surface area contributed by atoms with Crippen molar-refractivity contribution in [3.8, 4) is 0 Å². The maximum absolute atomic E-state index is 12.2. The van der Waals surface area contributed by atoms with Gasteiger partial charge in [0, 0.05) is 40.2 Å². The van der Waals surface area contributed by atoms with Crippen LogP contribution < -0.4 is 5.32 Å². The normalized spacial score (nSPS) is 10.4. The number of nitro groups is 1. The molecular formula is C17H12ClN3O3S. The van der Waals surface area contributed by atoms with E-state index in [4.69, 9.17) is 11.6 Å². The van der Waals surface area contributed by atoms with E-state index >= 15 is 0 Å². The first-order chi connectivity index (χ1) is 12.0. The fourth-order valence-electron chi connectivity index (χ4n) is 2.23. The molecule has 0 aliphatic rings. The molecule has 8 heteroatoms. The number of nitrogens with one attached hydrogen (secondary N) is 1. The Morgan fingerprint density at radius 1 is 1.24 bits per heavy atom. The van der Waals surface area contributed by atoms with Crippen molar-refractivity contribution in [1.82, 2.24) is 4.98 Å². The van der Waals surface area contributed by atoms with E-state index in [0.29, 0.717) is 16.6 Å². The van der Waals surface area contributed by atoms with E-state index in [9.17, 15) is 14.9 Å². The topological polar surface area (TPSA) is 85.1 Å². The Labute approximate surface area is 152 Å². The zero-order valence-electron chi connectivity index (χ0n) is 12.8. The lowest BCUT2D eigenvalue weighted by Gasteiger charge is -2.01. The highest BCUT2D eigenvalue weighted by Crippen LogP contribution is 2.23. The van der Waals surface area contributed by atoms with Gasteiger partial charge in [0.1, 0.15) is 0 Å². The van der Waals surface area contributed by atoms with E-state index in [0.717, 1.165) is 10.4 Å². The number of thiazole rings is 1. The molecule has 0 aliphatic heterocycles. The summed E-state index contributed by atoms with van der Waals surface area (Å²) in [5, 5.41) is 14.6. The van der Waals surface area contributed by atoms with Gasteiger partial charge in [-0.3, -0.25) is 20.2 Å². The lowest BCUT2D eigenvalue weighted by Crippen LogP contribution is -2.11. The molecule has 1 amide bonds. The SMILES string of the molecule is O=C(Nc1ncc(Cc2cccc(Cl)c2)s1)c1cccc([N+](=O)[O-])c1. The lowest BCUT2D eigenvalue weighted by molar-refractivity contribution is -0.384. The molecule has 1 N–H and O–H groups in total. The second-order valence-electron chi connectivity index (χ2n) is 5.20. The van der Waals surface area contributed by atoms with E-state index in [-0.39, 0.29) is 11.3 Å². The molecule has 0 spiro atoms. The highest BCUT2D eigenvalue weighted by atomic mass is 35.5. The Hall–Kier alpha value is -2.77. The average Bonchev–Trinajstić information content (AvgIpc) is 3.02. The summed E-state index contributed by atoms with van der Waals surface area (Å²) in [5.41, 5.74) is 1.13. The molecule has 6 nitrogen and oxygen atoms in total. The molecule has 0 aliphatic carbocycles. The number of hydrogen-bond acceptors (Lipinski definition) is 5. The van der Waals surface area contributed by atoms with Gasteiger partial charge in [0.25, 0.3) is 11.6 Å². The van der Waals surface area contributed by atoms with Crippen LogP contribution in [0.5, 0.6) is 0 Å². The van der Waals surface area contributed by atoms with Crippen LogP contribution in [-0.4, -0.2) is 15.8 Å². The van der Waals surface area contributed by atoms with E-state index < -0.39 is 10.8 Å². The van der Waals surface area contributed by atoms with E-state index in [1.807, 2.05) is 24.3 Å². The summed E-state index contributed by atoms with van der Waals surface area (Å²) in [7, 11) is 0. The predicted octanol–water partition coefficient (Wildman–Crippen LogP) is 4.55. The van der Waals surface area contributed by atoms with Crippen LogP contribution in [0.15, 0.2) is 54.7 Å². The third kappa shape index (κ3) is 4.40. The number of amides is 1. The zero-order chi connectivity index (χ0) is 17.8. The molecule has 0 unspecified atom stereocenters. The molecule has 0 bridgehead atoms. The summed E-state index contributed by atoms with van der Waals surface area (Å²) in [4.78, 5) is 27.6. The van der Waals surface area contributed by atoms with E-state index in [1.165, 1.54) is 35.6 Å². The monoisotopic (exact) mass is 373 g/mol. The number of halogens is 1. The van der Waals surface area contributed by atoms with Crippen molar-refractivity contribution in [3.63, 3.8) is 0 Å². The first kappa shape index (κ1) is 17.1. The summed E-state index contributed by atoms with van der Waals surface area (Å²) in [6.45, 7) is 0. The van der Waals surface area contributed by atoms with Crippen LogP contribution >= 0.6 is 22.9 Å². The fraction of sp³-hybridized carbons (Fsp3) is 0.0588. The van der Waals surface area contributed by atoms with Gasteiger partial charge in [-0.2, -0.15) is 0 Å². The minimum atomic E-state index is -0.538. The Morgan fingerprint density at radius 2 is 2.04 bits per heavy atom. The van der Waals surface area contributed by atoms with Gasteiger partial charge in [0.15, 0.2) is 5.13 Å². The summed E-state index contributed by atoms with van der Waals surface area (Å²) in [6.07, 6.45) is 2.35. The molecule has 3 aromatic rings. The summed E-state index contributed by atoms with van der Waals surface area (Å²) in [6, 6.07) is 13.1. The molecule has 25 heavy (non-hydrogen) atoms. The third-order valence-electron chi connectivity index (χ3n) is 3.36. The van der Waals surface area contributed by atoms with Crippen molar-refractivity contribution in [2.45, 2.75) is 6.42 Å². The number of benzene rings is 2. The van der Waals surface area contributed by atoms with Crippen molar-refractivity contribution in [1.29, 1.82) is 0 Å². The van der Waals surface area contributed by atoms with Crippen LogP contribution in [0.3, 0.4) is 0 Å². The first-order valence-corrected chi connectivity index (χ1v) is 8.45. The second-order valence-corrected chi connectivity index (χ2v) is 6.75. The van der Waals surface area contributed by atoms with Crippen molar-refractivity contribution < 1.29 is 9.72 Å². The fourth-order valence-corrected chi connectivity index (χ4v) is 3.28.